The van der Waals surface area contributed by atoms with Crippen molar-refractivity contribution in [1.29, 1.82) is 0 Å². The van der Waals surface area contributed by atoms with Crippen molar-refractivity contribution >= 4 is 12.0 Å². The third-order valence-electron chi connectivity index (χ3n) is 4.80. The molecule has 137 valence electrons. The van der Waals surface area contributed by atoms with Crippen LogP contribution in [0.3, 0.4) is 0 Å². The second kappa shape index (κ2) is 11.0. The SMILES string of the molecule is CCCc1ccc(-c2cccc3c2C=C(CC)[CH]3[Zr+2][Si](C)C)cc1.[Cl-].[Cl-]. The molecule has 0 saturated carbocycles. The predicted molar refractivity (Wildman–Crippen MR) is 104 cm³/mol. The summed E-state index contributed by atoms with van der Waals surface area (Å²) in [5.41, 5.74) is 9.13. The fourth-order valence-electron chi connectivity index (χ4n) is 3.62. The topological polar surface area (TPSA) is 0 Å². The van der Waals surface area contributed by atoms with Crippen molar-refractivity contribution < 1.29 is 47.2 Å². The summed E-state index contributed by atoms with van der Waals surface area (Å²) in [6, 6.07) is 16.3. The Labute approximate surface area is 183 Å². The Bertz CT molecular complexity index is 738. The van der Waals surface area contributed by atoms with E-state index < -0.39 is 0 Å². The summed E-state index contributed by atoms with van der Waals surface area (Å²) in [6.07, 6.45) is 6.14. The summed E-state index contributed by atoms with van der Waals surface area (Å²) in [5.74, 6) is -0.0609. The Morgan fingerprint density at radius 1 is 0.962 bits per heavy atom. The quantitative estimate of drug-likeness (QED) is 0.527. The van der Waals surface area contributed by atoms with Crippen LogP contribution in [0, 0.1) is 0 Å². The van der Waals surface area contributed by atoms with Gasteiger partial charge in [0.05, 0.1) is 0 Å². The fraction of sp³-hybridized carbons (Fsp3) is 0.364. The average Bonchev–Trinajstić information content (AvgIpc) is 2.93. The second-order valence-electron chi connectivity index (χ2n) is 6.91. The molecule has 0 heterocycles. The van der Waals surface area contributed by atoms with E-state index in [1.807, 2.05) is 0 Å². The number of fused-ring (bicyclic) bond motifs is 1. The molecule has 1 atom stereocenters. The summed E-state index contributed by atoms with van der Waals surface area (Å²) in [4.78, 5) is 0. The van der Waals surface area contributed by atoms with Gasteiger partial charge in [0, 0.05) is 0 Å². The van der Waals surface area contributed by atoms with Gasteiger partial charge in [-0.1, -0.05) is 0 Å². The van der Waals surface area contributed by atoms with Crippen molar-refractivity contribution in [3.05, 3.63) is 64.7 Å². The van der Waals surface area contributed by atoms with Gasteiger partial charge in [0.1, 0.15) is 0 Å². The number of allylic oxidation sites excluding steroid dienone is 1. The van der Waals surface area contributed by atoms with Crippen molar-refractivity contribution in [2.24, 2.45) is 0 Å². The first-order chi connectivity index (χ1) is 11.6. The third kappa shape index (κ3) is 5.22. The van der Waals surface area contributed by atoms with Crippen LogP contribution < -0.4 is 24.8 Å². The monoisotopic (exact) mass is 479 g/mol. The Balaban J connectivity index is 0.00000169. The molecule has 1 aliphatic rings. The largest absolute Gasteiger partial charge is 1.00 e. The summed E-state index contributed by atoms with van der Waals surface area (Å²) in [6.45, 7) is 9.61. The van der Waals surface area contributed by atoms with Gasteiger partial charge in [0.15, 0.2) is 0 Å². The molecule has 0 aromatic heterocycles. The molecular formula is C22H27Cl2SiZr. The summed E-state index contributed by atoms with van der Waals surface area (Å²) in [5, 5.41) is 0. The van der Waals surface area contributed by atoms with Gasteiger partial charge >= 0.3 is 160 Å². The number of aryl methyl sites for hydroxylation is 1. The summed E-state index contributed by atoms with van der Waals surface area (Å²) in [7, 11) is 0. The van der Waals surface area contributed by atoms with Gasteiger partial charge in [-0.15, -0.1) is 0 Å². The van der Waals surface area contributed by atoms with Gasteiger partial charge in [0.25, 0.3) is 0 Å². The van der Waals surface area contributed by atoms with Crippen LogP contribution >= 0.6 is 0 Å². The van der Waals surface area contributed by atoms with E-state index in [0.717, 1.165) is 3.63 Å². The van der Waals surface area contributed by atoms with Crippen LogP contribution in [0.1, 0.15) is 47.0 Å². The molecule has 2 aromatic rings. The van der Waals surface area contributed by atoms with Gasteiger partial charge in [0.2, 0.25) is 0 Å². The van der Waals surface area contributed by atoms with Crippen molar-refractivity contribution in [3.63, 3.8) is 0 Å². The Hall–Kier alpha value is -0.140. The first-order valence-corrected chi connectivity index (χ1v) is 16.7. The minimum Gasteiger partial charge on any atom is -1.00 e. The van der Waals surface area contributed by atoms with E-state index in [-0.39, 0.29) is 53.1 Å². The Kier molecular flexibility index (Phi) is 10.1. The Morgan fingerprint density at radius 2 is 1.65 bits per heavy atom. The molecule has 26 heavy (non-hydrogen) atoms. The second-order valence-corrected chi connectivity index (χ2v) is 20.1. The molecule has 2 aromatic carbocycles. The van der Waals surface area contributed by atoms with Crippen LogP contribution in [0.4, 0.5) is 0 Å². The minimum absolute atomic E-state index is 0. The smallest absolute Gasteiger partial charge is 1.00 e. The fourth-order valence-corrected chi connectivity index (χ4v) is 12.6. The minimum atomic E-state index is -0.329. The summed E-state index contributed by atoms with van der Waals surface area (Å²) < 4.78 is 0.830. The van der Waals surface area contributed by atoms with Crippen molar-refractivity contribution in [2.75, 3.05) is 0 Å². The van der Waals surface area contributed by atoms with Crippen molar-refractivity contribution in [2.45, 2.75) is 49.8 Å². The molecule has 0 aliphatic heterocycles. The molecule has 0 saturated heterocycles. The average molecular weight is 482 g/mol. The van der Waals surface area contributed by atoms with Crippen LogP contribution in [-0.2, 0) is 28.8 Å². The zero-order valence-corrected chi connectivity index (χ0v) is 21.0. The molecule has 0 bridgehead atoms. The molecule has 1 unspecified atom stereocenters. The zero-order chi connectivity index (χ0) is 17.1. The van der Waals surface area contributed by atoms with Gasteiger partial charge in [-0.3, -0.25) is 0 Å². The standard InChI is InChI=1S/C20H21.C2H6Si.2ClH.Zr/c1-3-6-16-9-11-17(12-10-16)19-8-5-7-18-13-15(4-2)14-20(18)19;1-3-2;;;/h5,7-14H,3-4,6H2,1-2H3;1-2H3;2*1H;/q;;;;+2/p-2. The number of benzene rings is 2. The van der Waals surface area contributed by atoms with E-state index >= 15 is 0 Å². The van der Waals surface area contributed by atoms with E-state index in [2.05, 4.69) is 75.5 Å². The van der Waals surface area contributed by atoms with Gasteiger partial charge in [-0.2, -0.15) is 0 Å². The van der Waals surface area contributed by atoms with E-state index in [1.165, 1.54) is 41.5 Å². The maximum absolute atomic E-state index is 2.53. The molecule has 3 rings (SSSR count). The van der Waals surface area contributed by atoms with Gasteiger partial charge in [-0.05, 0) is 0 Å². The van der Waals surface area contributed by atoms with Crippen LogP contribution in [-0.4, -0.2) is 5.92 Å². The van der Waals surface area contributed by atoms with Crippen LogP contribution in [0.2, 0.25) is 13.1 Å². The van der Waals surface area contributed by atoms with E-state index in [0.29, 0.717) is 0 Å². The molecule has 0 amide bonds. The van der Waals surface area contributed by atoms with Crippen molar-refractivity contribution in [3.8, 4) is 11.1 Å². The Morgan fingerprint density at radius 3 is 2.23 bits per heavy atom. The predicted octanol–water partition coefficient (Wildman–Crippen LogP) is 0.496. The first kappa shape index (κ1) is 23.9. The molecule has 0 nitrogen and oxygen atoms in total. The molecule has 0 spiro atoms. The molecule has 4 heteroatoms. The normalized spacial score (nSPS) is 14.8. The number of hydrogen-bond donors (Lipinski definition) is 0. The third-order valence-corrected chi connectivity index (χ3v) is 13.7. The van der Waals surface area contributed by atoms with E-state index in [1.54, 1.807) is 11.1 Å². The number of hydrogen-bond acceptors (Lipinski definition) is 0. The van der Waals surface area contributed by atoms with Crippen molar-refractivity contribution in [1.82, 2.24) is 0 Å². The molecule has 0 fully saturated rings. The van der Waals surface area contributed by atoms with Crippen LogP contribution in [0.15, 0.2) is 48.0 Å². The molecule has 1 aliphatic carbocycles. The first-order valence-electron chi connectivity index (χ1n) is 9.13. The van der Waals surface area contributed by atoms with E-state index in [9.17, 15) is 0 Å². The van der Waals surface area contributed by atoms with E-state index in [4.69, 9.17) is 0 Å². The molecule has 0 N–H and O–H groups in total. The molecule has 1 radical (unpaired) electrons. The molecular weight excluding hydrogens is 454 g/mol. The van der Waals surface area contributed by atoms with Gasteiger partial charge in [-0.25, -0.2) is 0 Å². The summed E-state index contributed by atoms with van der Waals surface area (Å²) >= 11 is -0.329. The van der Waals surface area contributed by atoms with Crippen LogP contribution in [0.5, 0.6) is 0 Å². The maximum atomic E-state index is 2.53. The zero-order valence-electron chi connectivity index (χ0n) is 16.1. The number of halogens is 2. The van der Waals surface area contributed by atoms with Crippen LogP contribution in [0.25, 0.3) is 17.2 Å². The maximum Gasteiger partial charge on any atom is -1.00 e. The number of rotatable bonds is 6. The van der Waals surface area contributed by atoms with Gasteiger partial charge < -0.3 is 24.8 Å².